The van der Waals surface area contributed by atoms with Gasteiger partial charge in [-0.3, -0.25) is 0 Å². The Labute approximate surface area is 106 Å². The van der Waals surface area contributed by atoms with Crippen LogP contribution in [0, 0.1) is 0 Å². The molecule has 0 saturated heterocycles. The fourth-order valence-corrected chi connectivity index (χ4v) is 3.52. The van der Waals surface area contributed by atoms with Crippen molar-refractivity contribution in [3.63, 3.8) is 0 Å². The van der Waals surface area contributed by atoms with Crippen molar-refractivity contribution in [1.29, 1.82) is 0 Å². The second-order valence-electron chi connectivity index (χ2n) is 4.36. The minimum absolute atomic E-state index is 0.211. The topological polar surface area (TPSA) is 77.0 Å². The van der Waals surface area contributed by atoms with Gasteiger partial charge in [-0.2, -0.15) is 0 Å². The van der Waals surface area contributed by atoms with E-state index in [9.17, 15) is 5.11 Å². The van der Waals surface area contributed by atoms with Crippen molar-refractivity contribution in [1.82, 2.24) is 14.8 Å². The lowest BCUT2D eigenvalue weighted by Gasteiger charge is -2.26. The summed E-state index contributed by atoms with van der Waals surface area (Å²) in [6.07, 6.45) is 4.07. The van der Waals surface area contributed by atoms with E-state index >= 15 is 0 Å². The standard InChI is InChI=1S/C11H20N4OS/c1-2-15-10(7-12)13-14-11(15)17-9-6-4-3-5-8(9)16/h8-9,16H,2-7,12H2,1H3. The molecule has 0 aromatic carbocycles. The zero-order chi connectivity index (χ0) is 12.3. The maximum atomic E-state index is 9.95. The molecule has 0 amide bonds. The van der Waals surface area contributed by atoms with Crippen molar-refractivity contribution in [3.8, 4) is 0 Å². The first kappa shape index (κ1) is 12.9. The summed E-state index contributed by atoms with van der Waals surface area (Å²) in [5, 5.41) is 19.3. The molecule has 2 rings (SSSR count). The third kappa shape index (κ3) is 2.81. The van der Waals surface area contributed by atoms with Gasteiger partial charge in [-0.15, -0.1) is 10.2 Å². The molecule has 17 heavy (non-hydrogen) atoms. The maximum absolute atomic E-state index is 9.95. The smallest absolute Gasteiger partial charge is 0.191 e. The van der Waals surface area contributed by atoms with Crippen LogP contribution in [0.1, 0.15) is 38.4 Å². The lowest BCUT2D eigenvalue weighted by molar-refractivity contribution is 0.137. The highest BCUT2D eigenvalue weighted by Gasteiger charge is 2.26. The summed E-state index contributed by atoms with van der Waals surface area (Å²) in [4.78, 5) is 0. The monoisotopic (exact) mass is 256 g/mol. The van der Waals surface area contributed by atoms with Gasteiger partial charge in [0.2, 0.25) is 0 Å². The second kappa shape index (κ2) is 5.84. The van der Waals surface area contributed by atoms with Crippen LogP contribution in [0.4, 0.5) is 0 Å². The zero-order valence-corrected chi connectivity index (χ0v) is 11.0. The Morgan fingerprint density at radius 3 is 2.82 bits per heavy atom. The molecule has 3 N–H and O–H groups in total. The molecule has 2 atom stereocenters. The van der Waals surface area contributed by atoms with Crippen LogP contribution in [0.3, 0.4) is 0 Å². The second-order valence-corrected chi connectivity index (χ2v) is 5.56. The van der Waals surface area contributed by atoms with Gasteiger partial charge in [-0.25, -0.2) is 0 Å². The molecule has 1 aromatic heterocycles. The molecule has 5 nitrogen and oxygen atoms in total. The first-order valence-corrected chi connectivity index (χ1v) is 7.11. The third-order valence-corrected chi connectivity index (χ3v) is 4.58. The van der Waals surface area contributed by atoms with E-state index in [0.29, 0.717) is 6.54 Å². The van der Waals surface area contributed by atoms with E-state index < -0.39 is 0 Å². The molecule has 1 saturated carbocycles. The molecule has 1 fully saturated rings. The highest BCUT2D eigenvalue weighted by atomic mass is 32.2. The van der Waals surface area contributed by atoms with Gasteiger partial charge in [0.1, 0.15) is 5.82 Å². The molecule has 1 aliphatic carbocycles. The van der Waals surface area contributed by atoms with Gasteiger partial charge in [0, 0.05) is 11.8 Å². The predicted molar refractivity (Wildman–Crippen MR) is 67.7 cm³/mol. The molecular formula is C11H20N4OS. The van der Waals surface area contributed by atoms with Gasteiger partial charge in [-0.1, -0.05) is 24.6 Å². The van der Waals surface area contributed by atoms with Crippen molar-refractivity contribution >= 4 is 11.8 Å². The number of hydrogen-bond acceptors (Lipinski definition) is 5. The van der Waals surface area contributed by atoms with Crippen LogP contribution in [0.5, 0.6) is 0 Å². The highest BCUT2D eigenvalue weighted by molar-refractivity contribution is 7.99. The lowest BCUT2D eigenvalue weighted by atomic mass is 9.97. The molecule has 96 valence electrons. The number of aliphatic hydroxyl groups excluding tert-OH is 1. The van der Waals surface area contributed by atoms with Crippen LogP contribution in [-0.2, 0) is 13.1 Å². The first-order valence-electron chi connectivity index (χ1n) is 6.23. The van der Waals surface area contributed by atoms with Crippen LogP contribution in [-0.4, -0.2) is 31.2 Å². The first-order chi connectivity index (χ1) is 8.26. The number of rotatable bonds is 4. The summed E-state index contributed by atoms with van der Waals surface area (Å²) < 4.78 is 2.03. The van der Waals surface area contributed by atoms with Gasteiger partial charge < -0.3 is 15.4 Å². The Balaban J connectivity index is 2.09. The predicted octanol–water partition coefficient (Wildman–Crippen LogP) is 1.15. The molecular weight excluding hydrogens is 236 g/mol. The average molecular weight is 256 g/mol. The Hall–Kier alpha value is -0.590. The zero-order valence-electron chi connectivity index (χ0n) is 10.2. The normalized spacial score (nSPS) is 25.1. The van der Waals surface area contributed by atoms with Gasteiger partial charge in [-0.05, 0) is 19.8 Å². The minimum Gasteiger partial charge on any atom is -0.392 e. The van der Waals surface area contributed by atoms with Crippen LogP contribution in [0.15, 0.2) is 5.16 Å². The van der Waals surface area contributed by atoms with Crippen LogP contribution < -0.4 is 5.73 Å². The Bertz CT molecular complexity index is 368. The van der Waals surface area contributed by atoms with Gasteiger partial charge in [0.05, 0.1) is 12.6 Å². The SMILES string of the molecule is CCn1c(CN)nnc1SC1CCCCC1O. The lowest BCUT2D eigenvalue weighted by Crippen LogP contribution is -2.27. The molecule has 6 heteroatoms. The summed E-state index contributed by atoms with van der Waals surface area (Å²) in [5.41, 5.74) is 5.62. The number of nitrogens with zero attached hydrogens (tertiary/aromatic N) is 3. The fraction of sp³-hybridized carbons (Fsp3) is 0.818. The molecule has 0 bridgehead atoms. The van der Waals surface area contributed by atoms with E-state index in [-0.39, 0.29) is 11.4 Å². The molecule has 1 aromatic rings. The van der Waals surface area contributed by atoms with Crippen molar-refractivity contribution in [2.75, 3.05) is 0 Å². The third-order valence-electron chi connectivity index (χ3n) is 3.22. The number of thioether (sulfide) groups is 1. The van der Waals surface area contributed by atoms with E-state index in [1.807, 2.05) is 4.57 Å². The van der Waals surface area contributed by atoms with E-state index in [4.69, 9.17) is 5.73 Å². The molecule has 1 aliphatic rings. The Kier molecular flexibility index (Phi) is 4.42. The summed E-state index contributed by atoms with van der Waals surface area (Å²) >= 11 is 1.64. The number of hydrogen-bond donors (Lipinski definition) is 2. The molecule has 1 heterocycles. The Morgan fingerprint density at radius 2 is 2.18 bits per heavy atom. The molecule has 2 unspecified atom stereocenters. The van der Waals surface area contributed by atoms with Crippen LogP contribution >= 0.6 is 11.8 Å². The van der Waals surface area contributed by atoms with Gasteiger partial charge in [0.15, 0.2) is 5.16 Å². The quantitative estimate of drug-likeness (QED) is 0.845. The van der Waals surface area contributed by atoms with Crippen LogP contribution in [0.2, 0.25) is 0 Å². The summed E-state index contributed by atoms with van der Waals surface area (Å²) in [6, 6.07) is 0. The maximum Gasteiger partial charge on any atom is 0.191 e. The van der Waals surface area contributed by atoms with Crippen molar-refractivity contribution in [2.24, 2.45) is 5.73 Å². The van der Waals surface area contributed by atoms with Crippen LogP contribution in [0.25, 0.3) is 0 Å². The number of nitrogens with two attached hydrogens (primary N) is 1. The van der Waals surface area contributed by atoms with E-state index in [2.05, 4.69) is 17.1 Å². The van der Waals surface area contributed by atoms with E-state index in [0.717, 1.165) is 36.8 Å². The van der Waals surface area contributed by atoms with Crippen molar-refractivity contribution < 1.29 is 5.11 Å². The van der Waals surface area contributed by atoms with Gasteiger partial charge >= 0.3 is 0 Å². The number of aromatic nitrogens is 3. The van der Waals surface area contributed by atoms with E-state index in [1.54, 1.807) is 11.8 Å². The summed E-state index contributed by atoms with van der Waals surface area (Å²) in [7, 11) is 0. The summed E-state index contributed by atoms with van der Waals surface area (Å²) in [5.74, 6) is 0.820. The average Bonchev–Trinajstić information content (AvgIpc) is 2.74. The molecule has 0 spiro atoms. The summed E-state index contributed by atoms with van der Waals surface area (Å²) in [6.45, 7) is 3.29. The molecule has 0 aliphatic heterocycles. The Morgan fingerprint density at radius 1 is 1.41 bits per heavy atom. The van der Waals surface area contributed by atoms with E-state index in [1.165, 1.54) is 6.42 Å². The molecule has 0 radical (unpaired) electrons. The highest BCUT2D eigenvalue weighted by Crippen LogP contribution is 2.33. The minimum atomic E-state index is -0.211. The number of aliphatic hydroxyl groups is 1. The largest absolute Gasteiger partial charge is 0.392 e. The fourth-order valence-electron chi connectivity index (χ4n) is 2.22. The van der Waals surface area contributed by atoms with Crippen molar-refractivity contribution in [3.05, 3.63) is 5.82 Å². The van der Waals surface area contributed by atoms with Gasteiger partial charge in [0.25, 0.3) is 0 Å². The van der Waals surface area contributed by atoms with Crippen molar-refractivity contribution in [2.45, 2.75) is 62.2 Å².